The maximum absolute atomic E-state index is 13.1. The first-order valence-corrected chi connectivity index (χ1v) is 7.30. The van der Waals surface area contributed by atoms with Crippen LogP contribution in [0.1, 0.15) is 41.5 Å². The normalized spacial score (nSPS) is 19.4. The van der Waals surface area contributed by atoms with Gasteiger partial charge < -0.3 is 5.32 Å². The number of benzene rings is 2. The fourth-order valence-corrected chi connectivity index (χ4v) is 3.41. The highest BCUT2D eigenvalue weighted by Gasteiger charge is 2.27. The second-order valence-corrected chi connectivity index (χ2v) is 5.52. The van der Waals surface area contributed by atoms with Crippen LogP contribution in [-0.2, 0) is 6.42 Å². The molecule has 2 aromatic carbocycles. The summed E-state index contributed by atoms with van der Waals surface area (Å²) >= 11 is 0. The molecule has 0 aliphatic heterocycles. The number of aryl methyl sites for hydroxylation is 1. The minimum Gasteiger partial charge on any atom is -0.312 e. The standard InChI is InChI=1S/C18H20FN/c1-20-18(14-9-11-15(19)12-10-14)17-8-4-6-13-5-2-3-7-16(13)17/h2-3,5,7,9-12,17-18,20H,4,6,8H2,1H3. The molecule has 2 heteroatoms. The van der Waals surface area contributed by atoms with E-state index in [1.807, 2.05) is 19.2 Å². The Balaban J connectivity index is 1.96. The van der Waals surface area contributed by atoms with Gasteiger partial charge in [-0.05, 0) is 55.1 Å². The SMILES string of the molecule is CNC(c1ccc(F)cc1)C1CCCc2ccccc21. The van der Waals surface area contributed by atoms with Gasteiger partial charge in [0.25, 0.3) is 0 Å². The molecule has 1 N–H and O–H groups in total. The molecule has 1 aliphatic carbocycles. The molecule has 2 unspecified atom stereocenters. The monoisotopic (exact) mass is 269 g/mol. The Hall–Kier alpha value is -1.67. The van der Waals surface area contributed by atoms with Crippen molar-refractivity contribution >= 4 is 0 Å². The maximum Gasteiger partial charge on any atom is 0.123 e. The molecule has 3 rings (SSSR count). The van der Waals surface area contributed by atoms with E-state index in [2.05, 4.69) is 29.6 Å². The number of rotatable bonds is 3. The van der Waals surface area contributed by atoms with Crippen molar-refractivity contribution in [3.8, 4) is 0 Å². The number of hydrogen-bond donors (Lipinski definition) is 1. The zero-order chi connectivity index (χ0) is 13.9. The molecular weight excluding hydrogens is 249 g/mol. The Morgan fingerprint density at radius 2 is 1.85 bits per heavy atom. The third-order valence-corrected chi connectivity index (χ3v) is 4.36. The van der Waals surface area contributed by atoms with Gasteiger partial charge in [0.15, 0.2) is 0 Å². The van der Waals surface area contributed by atoms with Gasteiger partial charge in [0.2, 0.25) is 0 Å². The fourth-order valence-electron chi connectivity index (χ4n) is 3.41. The van der Waals surface area contributed by atoms with Crippen molar-refractivity contribution in [1.82, 2.24) is 5.32 Å². The van der Waals surface area contributed by atoms with Crippen LogP contribution >= 0.6 is 0 Å². The quantitative estimate of drug-likeness (QED) is 0.880. The van der Waals surface area contributed by atoms with E-state index in [9.17, 15) is 4.39 Å². The molecule has 0 bridgehead atoms. The third-order valence-electron chi connectivity index (χ3n) is 4.36. The molecule has 0 fully saturated rings. The molecular formula is C18H20FN. The van der Waals surface area contributed by atoms with Crippen molar-refractivity contribution in [1.29, 1.82) is 0 Å². The molecule has 0 radical (unpaired) electrons. The van der Waals surface area contributed by atoms with Crippen LogP contribution in [0.25, 0.3) is 0 Å². The van der Waals surface area contributed by atoms with E-state index in [0.717, 1.165) is 5.56 Å². The predicted octanol–water partition coefficient (Wildman–Crippen LogP) is 4.21. The van der Waals surface area contributed by atoms with E-state index in [1.54, 1.807) is 12.1 Å². The second kappa shape index (κ2) is 5.76. The van der Waals surface area contributed by atoms with E-state index >= 15 is 0 Å². The minimum atomic E-state index is -0.173. The fraction of sp³-hybridized carbons (Fsp3) is 0.333. The zero-order valence-electron chi connectivity index (χ0n) is 11.8. The molecule has 104 valence electrons. The summed E-state index contributed by atoms with van der Waals surface area (Å²) in [4.78, 5) is 0. The van der Waals surface area contributed by atoms with E-state index in [0.29, 0.717) is 5.92 Å². The number of nitrogens with one attached hydrogen (secondary N) is 1. The molecule has 0 saturated heterocycles. The van der Waals surface area contributed by atoms with Crippen molar-refractivity contribution in [2.45, 2.75) is 31.2 Å². The van der Waals surface area contributed by atoms with Crippen LogP contribution in [0.15, 0.2) is 48.5 Å². The molecule has 0 spiro atoms. The van der Waals surface area contributed by atoms with Crippen molar-refractivity contribution < 1.29 is 4.39 Å². The summed E-state index contributed by atoms with van der Waals surface area (Å²) in [5.41, 5.74) is 4.07. The lowest BCUT2D eigenvalue weighted by atomic mass is 9.77. The van der Waals surface area contributed by atoms with Crippen molar-refractivity contribution in [3.63, 3.8) is 0 Å². The smallest absolute Gasteiger partial charge is 0.123 e. The van der Waals surface area contributed by atoms with Gasteiger partial charge >= 0.3 is 0 Å². The van der Waals surface area contributed by atoms with Gasteiger partial charge in [0.1, 0.15) is 5.82 Å². The van der Waals surface area contributed by atoms with Crippen LogP contribution in [-0.4, -0.2) is 7.05 Å². The Morgan fingerprint density at radius 1 is 1.10 bits per heavy atom. The zero-order valence-corrected chi connectivity index (χ0v) is 11.8. The first-order valence-electron chi connectivity index (χ1n) is 7.30. The van der Waals surface area contributed by atoms with Crippen molar-refractivity contribution in [2.24, 2.45) is 0 Å². The van der Waals surface area contributed by atoms with Gasteiger partial charge in [0.05, 0.1) is 0 Å². The highest BCUT2D eigenvalue weighted by atomic mass is 19.1. The largest absolute Gasteiger partial charge is 0.312 e. The van der Waals surface area contributed by atoms with E-state index in [1.165, 1.54) is 30.4 Å². The summed E-state index contributed by atoms with van der Waals surface area (Å²) in [6.45, 7) is 0. The molecule has 20 heavy (non-hydrogen) atoms. The van der Waals surface area contributed by atoms with Gasteiger partial charge in [-0.15, -0.1) is 0 Å². The third kappa shape index (κ3) is 2.48. The minimum absolute atomic E-state index is 0.173. The molecule has 0 aromatic heterocycles. The average molecular weight is 269 g/mol. The topological polar surface area (TPSA) is 12.0 Å². The molecule has 1 nitrogen and oxygen atoms in total. The number of fused-ring (bicyclic) bond motifs is 1. The van der Waals surface area contributed by atoms with Crippen LogP contribution in [0.4, 0.5) is 4.39 Å². The molecule has 0 saturated carbocycles. The Labute approximate surface area is 119 Å². The average Bonchev–Trinajstić information content (AvgIpc) is 2.50. The lowest BCUT2D eigenvalue weighted by Gasteiger charge is -2.32. The van der Waals surface area contributed by atoms with Crippen molar-refractivity contribution in [3.05, 3.63) is 71.0 Å². The molecule has 0 heterocycles. The van der Waals surface area contributed by atoms with Crippen LogP contribution < -0.4 is 5.32 Å². The highest BCUT2D eigenvalue weighted by Crippen LogP contribution is 2.40. The summed E-state index contributed by atoms with van der Waals surface area (Å²) in [5.74, 6) is 0.294. The highest BCUT2D eigenvalue weighted by molar-refractivity contribution is 5.36. The number of hydrogen-bond acceptors (Lipinski definition) is 1. The van der Waals surface area contributed by atoms with Crippen molar-refractivity contribution in [2.75, 3.05) is 7.05 Å². The summed E-state index contributed by atoms with van der Waals surface area (Å²) in [6.07, 6.45) is 3.58. The van der Waals surface area contributed by atoms with E-state index < -0.39 is 0 Å². The Bertz CT molecular complexity index is 576. The molecule has 1 aliphatic rings. The van der Waals surface area contributed by atoms with Gasteiger partial charge in [-0.25, -0.2) is 4.39 Å². The van der Waals surface area contributed by atoms with Gasteiger partial charge in [0, 0.05) is 12.0 Å². The van der Waals surface area contributed by atoms with Gasteiger partial charge in [-0.3, -0.25) is 0 Å². The number of likely N-dealkylation sites (N-methyl/N-ethyl adjacent to an activating group) is 1. The van der Waals surface area contributed by atoms with Crippen LogP contribution in [0.3, 0.4) is 0 Å². The lowest BCUT2D eigenvalue weighted by Crippen LogP contribution is -2.26. The van der Waals surface area contributed by atoms with E-state index in [4.69, 9.17) is 0 Å². The molecule has 2 aromatic rings. The first kappa shape index (κ1) is 13.3. The van der Waals surface area contributed by atoms with Crippen LogP contribution in [0.5, 0.6) is 0 Å². The van der Waals surface area contributed by atoms with Crippen LogP contribution in [0, 0.1) is 5.82 Å². The Kier molecular flexibility index (Phi) is 3.83. The number of halogens is 1. The lowest BCUT2D eigenvalue weighted by molar-refractivity contribution is 0.424. The Morgan fingerprint density at radius 3 is 2.60 bits per heavy atom. The van der Waals surface area contributed by atoms with E-state index in [-0.39, 0.29) is 11.9 Å². The van der Waals surface area contributed by atoms with Gasteiger partial charge in [-0.1, -0.05) is 36.4 Å². The summed E-state index contributed by atoms with van der Waals surface area (Å²) < 4.78 is 13.1. The summed E-state index contributed by atoms with van der Waals surface area (Å²) in [6, 6.07) is 15.9. The first-order chi connectivity index (χ1) is 9.79. The van der Waals surface area contributed by atoms with Crippen LogP contribution in [0.2, 0.25) is 0 Å². The van der Waals surface area contributed by atoms with Gasteiger partial charge in [-0.2, -0.15) is 0 Å². The second-order valence-electron chi connectivity index (χ2n) is 5.52. The maximum atomic E-state index is 13.1. The summed E-state index contributed by atoms with van der Waals surface area (Å²) in [7, 11) is 1.99. The predicted molar refractivity (Wildman–Crippen MR) is 80.3 cm³/mol. The molecule has 0 amide bonds. The molecule has 2 atom stereocenters. The summed E-state index contributed by atoms with van der Waals surface area (Å²) in [5, 5.41) is 3.43.